The molecule has 1 aromatic rings. The quantitative estimate of drug-likeness (QED) is 0.741. The molecule has 5 heteroatoms. The number of fused-ring (bicyclic) bond motifs is 3. The highest BCUT2D eigenvalue weighted by Gasteiger charge is 2.52. The first kappa shape index (κ1) is 12.3. The normalized spacial score (nSPS) is 40.0. The molecule has 4 aliphatic rings. The Morgan fingerprint density at radius 3 is 2.81 bits per heavy atom. The molecule has 0 aromatic heterocycles. The van der Waals surface area contributed by atoms with Gasteiger partial charge in [0.2, 0.25) is 6.79 Å². The number of aliphatic hydroxyl groups excluding tert-OH is 2. The lowest BCUT2D eigenvalue weighted by Gasteiger charge is -2.47. The zero-order chi connectivity index (χ0) is 14.1. The van der Waals surface area contributed by atoms with Crippen molar-refractivity contribution in [2.45, 2.75) is 43.6 Å². The van der Waals surface area contributed by atoms with E-state index in [4.69, 9.17) is 9.47 Å². The molecule has 2 N–H and O–H groups in total. The first-order valence-electron chi connectivity index (χ1n) is 7.75. The Kier molecular flexibility index (Phi) is 2.41. The molecule has 1 aromatic carbocycles. The number of hydrogen-bond acceptors (Lipinski definition) is 5. The number of ether oxygens (including phenoxy) is 2. The summed E-state index contributed by atoms with van der Waals surface area (Å²) in [6.45, 7) is 2.23. The van der Waals surface area contributed by atoms with Gasteiger partial charge < -0.3 is 19.7 Å². The number of rotatable bonds is 0. The highest BCUT2D eigenvalue weighted by molar-refractivity contribution is 5.52. The molecule has 1 saturated heterocycles. The molecule has 2 fully saturated rings. The van der Waals surface area contributed by atoms with Gasteiger partial charge in [0.1, 0.15) is 0 Å². The van der Waals surface area contributed by atoms with Crippen LogP contribution in [0.25, 0.3) is 0 Å². The molecule has 112 valence electrons. The molecule has 0 bridgehead atoms. The van der Waals surface area contributed by atoms with Gasteiger partial charge in [0.25, 0.3) is 0 Å². The summed E-state index contributed by atoms with van der Waals surface area (Å²) in [5.41, 5.74) is 2.34. The van der Waals surface area contributed by atoms with Crippen molar-refractivity contribution < 1.29 is 19.7 Å². The van der Waals surface area contributed by atoms with Crippen LogP contribution < -0.4 is 9.47 Å². The Hall–Kier alpha value is -1.30. The summed E-state index contributed by atoms with van der Waals surface area (Å²) in [6.07, 6.45) is 0.531. The molecule has 5 nitrogen and oxygen atoms in total. The summed E-state index contributed by atoms with van der Waals surface area (Å²) in [4.78, 5) is 2.47. The smallest absolute Gasteiger partial charge is 0.231 e. The van der Waals surface area contributed by atoms with Gasteiger partial charge in [-0.05, 0) is 48.6 Å². The minimum absolute atomic E-state index is 0.0144. The maximum Gasteiger partial charge on any atom is 0.231 e. The van der Waals surface area contributed by atoms with Crippen LogP contribution in [0, 0.1) is 5.92 Å². The average molecular weight is 289 g/mol. The molecular weight excluding hydrogens is 270 g/mol. The van der Waals surface area contributed by atoms with E-state index in [-0.39, 0.29) is 12.7 Å². The molecule has 0 radical (unpaired) electrons. The van der Waals surface area contributed by atoms with Crippen molar-refractivity contribution in [2.75, 3.05) is 13.3 Å². The van der Waals surface area contributed by atoms with Crippen LogP contribution in [0.3, 0.4) is 0 Å². The molecule has 0 amide bonds. The van der Waals surface area contributed by atoms with Gasteiger partial charge in [-0.15, -0.1) is 0 Å². The highest BCUT2D eigenvalue weighted by Crippen LogP contribution is 2.51. The van der Waals surface area contributed by atoms with Gasteiger partial charge in [0, 0.05) is 18.5 Å². The van der Waals surface area contributed by atoms with Gasteiger partial charge in [-0.2, -0.15) is 0 Å². The lowest BCUT2D eigenvalue weighted by molar-refractivity contribution is -0.0657. The number of benzene rings is 1. The van der Waals surface area contributed by atoms with E-state index in [1.165, 1.54) is 5.56 Å². The summed E-state index contributed by atoms with van der Waals surface area (Å²) in [5.74, 6) is 2.05. The summed E-state index contributed by atoms with van der Waals surface area (Å²) in [6, 6.07) is 4.43. The van der Waals surface area contributed by atoms with Crippen molar-refractivity contribution in [1.29, 1.82) is 0 Å². The molecule has 1 saturated carbocycles. The summed E-state index contributed by atoms with van der Waals surface area (Å²) in [5, 5.41) is 20.8. The zero-order valence-corrected chi connectivity index (χ0v) is 11.7. The Balaban J connectivity index is 1.66. The summed E-state index contributed by atoms with van der Waals surface area (Å²) < 4.78 is 11.0. The Labute approximate surface area is 123 Å². The third-order valence-electron chi connectivity index (χ3n) is 5.73. The SMILES string of the molecule is O[C@@H]1[C@H]2c3cc4c(cc3CN3CC[C@H](C[C@H]1O)[C@@H]23)OCO4. The average Bonchev–Trinajstić information content (AvgIpc) is 3.08. The van der Waals surface area contributed by atoms with Crippen LogP contribution in [0.5, 0.6) is 11.5 Å². The molecule has 1 aliphatic carbocycles. The second-order valence-corrected chi connectivity index (χ2v) is 6.73. The standard InChI is InChI=1S/C16H19NO4/c18-11-3-8-1-2-17-6-9-4-12-13(21-7-20-12)5-10(9)14(15(8)17)16(11)19/h4-5,8,11,14-16,18-19H,1-3,6-7H2/t8-,11-,14+,15+,16+/m1/s1. The topological polar surface area (TPSA) is 62.2 Å². The predicted octanol–water partition coefficient (Wildman–Crippen LogP) is 0.828. The van der Waals surface area contributed by atoms with Gasteiger partial charge >= 0.3 is 0 Å². The van der Waals surface area contributed by atoms with Gasteiger partial charge in [0.15, 0.2) is 11.5 Å². The van der Waals surface area contributed by atoms with E-state index in [2.05, 4.69) is 11.0 Å². The Bertz CT molecular complexity index is 604. The molecule has 3 heterocycles. The van der Waals surface area contributed by atoms with Gasteiger partial charge in [0.05, 0.1) is 12.2 Å². The molecule has 5 rings (SSSR count). The molecular formula is C16H19NO4. The van der Waals surface area contributed by atoms with Crippen molar-refractivity contribution in [3.05, 3.63) is 23.3 Å². The predicted molar refractivity (Wildman–Crippen MR) is 74.2 cm³/mol. The molecule has 0 spiro atoms. The van der Waals surface area contributed by atoms with Crippen LogP contribution >= 0.6 is 0 Å². The Morgan fingerprint density at radius 2 is 1.95 bits per heavy atom. The van der Waals surface area contributed by atoms with E-state index >= 15 is 0 Å². The fraction of sp³-hybridized carbons (Fsp3) is 0.625. The number of nitrogens with zero attached hydrogens (tertiary/aromatic N) is 1. The fourth-order valence-corrected chi connectivity index (χ4v) is 4.84. The second kappa shape index (κ2) is 4.12. The van der Waals surface area contributed by atoms with Crippen molar-refractivity contribution in [1.82, 2.24) is 4.90 Å². The van der Waals surface area contributed by atoms with Gasteiger partial charge in [-0.25, -0.2) is 0 Å². The van der Waals surface area contributed by atoms with Gasteiger partial charge in [-0.3, -0.25) is 4.90 Å². The highest BCUT2D eigenvalue weighted by atomic mass is 16.7. The van der Waals surface area contributed by atoms with Crippen molar-refractivity contribution in [3.63, 3.8) is 0 Å². The molecule has 21 heavy (non-hydrogen) atoms. The minimum atomic E-state index is -0.689. The molecule has 3 aliphatic heterocycles. The lowest BCUT2D eigenvalue weighted by Crippen LogP contribution is -2.53. The largest absolute Gasteiger partial charge is 0.454 e. The third-order valence-corrected chi connectivity index (χ3v) is 5.73. The third kappa shape index (κ3) is 1.57. The van der Waals surface area contributed by atoms with Crippen LogP contribution in [0.15, 0.2) is 12.1 Å². The summed E-state index contributed by atoms with van der Waals surface area (Å²) in [7, 11) is 0. The van der Waals surface area contributed by atoms with Crippen molar-refractivity contribution in [3.8, 4) is 11.5 Å². The maximum atomic E-state index is 10.6. The van der Waals surface area contributed by atoms with E-state index in [0.717, 1.165) is 43.0 Å². The fourth-order valence-electron chi connectivity index (χ4n) is 4.84. The van der Waals surface area contributed by atoms with Crippen LogP contribution in [0.1, 0.15) is 29.9 Å². The Morgan fingerprint density at radius 1 is 1.14 bits per heavy atom. The van der Waals surface area contributed by atoms with E-state index in [1.807, 2.05) is 6.07 Å². The first-order valence-corrected chi connectivity index (χ1v) is 7.75. The van der Waals surface area contributed by atoms with Crippen LogP contribution in [0.4, 0.5) is 0 Å². The minimum Gasteiger partial charge on any atom is -0.454 e. The summed E-state index contributed by atoms with van der Waals surface area (Å²) >= 11 is 0. The lowest BCUT2D eigenvalue weighted by atomic mass is 9.68. The zero-order valence-electron chi connectivity index (χ0n) is 11.7. The van der Waals surface area contributed by atoms with E-state index in [1.54, 1.807) is 0 Å². The molecule has 5 atom stereocenters. The van der Waals surface area contributed by atoms with E-state index in [9.17, 15) is 10.2 Å². The number of aliphatic hydroxyl groups is 2. The van der Waals surface area contributed by atoms with E-state index in [0.29, 0.717) is 12.0 Å². The first-order chi connectivity index (χ1) is 10.2. The second-order valence-electron chi connectivity index (χ2n) is 6.73. The maximum absolute atomic E-state index is 10.6. The molecule has 0 unspecified atom stereocenters. The monoisotopic (exact) mass is 289 g/mol. The van der Waals surface area contributed by atoms with Crippen LogP contribution in [-0.2, 0) is 6.54 Å². The van der Waals surface area contributed by atoms with Crippen molar-refractivity contribution in [2.24, 2.45) is 5.92 Å². The van der Waals surface area contributed by atoms with Gasteiger partial charge in [-0.1, -0.05) is 0 Å². The van der Waals surface area contributed by atoms with E-state index < -0.39 is 12.2 Å². The van der Waals surface area contributed by atoms with Crippen LogP contribution in [-0.4, -0.2) is 46.7 Å². The van der Waals surface area contributed by atoms with Crippen molar-refractivity contribution >= 4 is 0 Å². The van der Waals surface area contributed by atoms with Crippen LogP contribution in [0.2, 0.25) is 0 Å². The number of hydrogen-bond donors (Lipinski definition) is 2.